The van der Waals surface area contributed by atoms with E-state index in [1.165, 1.54) is 4.90 Å². The largest absolute Gasteiger partial charge is 0.423 e. The van der Waals surface area contributed by atoms with Crippen LogP contribution in [-0.4, -0.2) is 17.8 Å². The zero-order chi connectivity index (χ0) is 20.1. The fourth-order valence-electron chi connectivity index (χ4n) is 4.89. The number of imide groups is 1. The van der Waals surface area contributed by atoms with Gasteiger partial charge < -0.3 is 4.74 Å². The van der Waals surface area contributed by atoms with E-state index in [1.807, 2.05) is 12.1 Å². The van der Waals surface area contributed by atoms with Gasteiger partial charge in [0.1, 0.15) is 5.75 Å². The summed E-state index contributed by atoms with van der Waals surface area (Å²) < 4.78 is 5.45. The van der Waals surface area contributed by atoms with Gasteiger partial charge in [-0.1, -0.05) is 37.3 Å². The van der Waals surface area contributed by atoms with Gasteiger partial charge in [-0.2, -0.15) is 0 Å². The zero-order valence-corrected chi connectivity index (χ0v) is 16.1. The van der Waals surface area contributed by atoms with Crippen LogP contribution in [0.5, 0.6) is 5.75 Å². The van der Waals surface area contributed by atoms with Gasteiger partial charge in [0, 0.05) is 0 Å². The van der Waals surface area contributed by atoms with Crippen molar-refractivity contribution in [2.45, 2.75) is 19.8 Å². The van der Waals surface area contributed by atoms with E-state index >= 15 is 0 Å². The molecule has 146 valence electrons. The Bertz CT molecular complexity index is 1010. The summed E-state index contributed by atoms with van der Waals surface area (Å²) in [6.45, 7) is 2.06. The number of ether oxygens (including phenoxy) is 1. The lowest BCUT2D eigenvalue weighted by Crippen LogP contribution is -2.33. The zero-order valence-electron chi connectivity index (χ0n) is 16.1. The first kappa shape index (κ1) is 17.9. The number of anilines is 1. The van der Waals surface area contributed by atoms with Crippen LogP contribution in [0.15, 0.2) is 60.7 Å². The Balaban J connectivity index is 1.38. The molecule has 0 aromatic heterocycles. The van der Waals surface area contributed by atoms with Crippen LogP contribution in [-0.2, 0) is 16.0 Å². The van der Waals surface area contributed by atoms with Crippen molar-refractivity contribution in [3.8, 4) is 5.75 Å². The van der Waals surface area contributed by atoms with Gasteiger partial charge in [0.25, 0.3) is 0 Å². The van der Waals surface area contributed by atoms with Gasteiger partial charge in [-0.25, -0.2) is 9.69 Å². The molecule has 0 N–H and O–H groups in total. The SMILES string of the molecule is CCc1ccc(OC(=O)c2cccc(N3C(=O)C4C5C=CC(C5)C4C3=O)c2)cc1. The van der Waals surface area contributed by atoms with Crippen molar-refractivity contribution in [2.75, 3.05) is 4.90 Å². The molecular weight excluding hydrogens is 366 g/mol. The monoisotopic (exact) mass is 387 g/mol. The Morgan fingerprint density at radius 1 is 1.00 bits per heavy atom. The van der Waals surface area contributed by atoms with Crippen molar-refractivity contribution in [1.29, 1.82) is 0 Å². The summed E-state index contributed by atoms with van der Waals surface area (Å²) >= 11 is 0. The standard InChI is InChI=1S/C24H21NO4/c1-2-14-6-10-19(11-7-14)29-24(28)17-4-3-5-18(13-17)25-22(26)20-15-8-9-16(12-15)21(20)23(25)27/h3-11,13,15-16,20-21H,2,12H2,1H3. The van der Waals surface area contributed by atoms with E-state index in [2.05, 4.69) is 19.1 Å². The number of fused-ring (bicyclic) bond motifs is 5. The Kier molecular flexibility index (Phi) is 4.12. The molecule has 5 rings (SSSR count). The molecule has 2 aromatic carbocycles. The molecule has 1 saturated heterocycles. The Labute approximate surface area is 169 Å². The fourth-order valence-corrected chi connectivity index (χ4v) is 4.89. The minimum Gasteiger partial charge on any atom is -0.423 e. The van der Waals surface area contributed by atoms with Gasteiger partial charge in [-0.15, -0.1) is 0 Å². The first-order valence-electron chi connectivity index (χ1n) is 10.0. The van der Waals surface area contributed by atoms with Crippen LogP contribution >= 0.6 is 0 Å². The topological polar surface area (TPSA) is 63.7 Å². The van der Waals surface area contributed by atoms with Crippen LogP contribution in [0.2, 0.25) is 0 Å². The molecule has 2 amide bonds. The van der Waals surface area contributed by atoms with Gasteiger partial charge in [0.05, 0.1) is 23.1 Å². The number of allylic oxidation sites excluding steroid dienone is 2. The number of aryl methyl sites for hydroxylation is 1. The summed E-state index contributed by atoms with van der Waals surface area (Å²) in [5.41, 5.74) is 1.90. The first-order chi connectivity index (χ1) is 14.1. The van der Waals surface area contributed by atoms with Gasteiger partial charge >= 0.3 is 5.97 Å². The van der Waals surface area contributed by atoms with Crippen molar-refractivity contribution in [3.63, 3.8) is 0 Å². The predicted octanol–water partition coefficient (Wildman–Crippen LogP) is 3.78. The van der Waals surface area contributed by atoms with Crippen molar-refractivity contribution in [3.05, 3.63) is 71.8 Å². The van der Waals surface area contributed by atoms with Crippen LogP contribution in [0.3, 0.4) is 0 Å². The number of carbonyl (C=O) groups excluding carboxylic acids is 3. The van der Waals surface area contributed by atoms with Gasteiger partial charge in [0.2, 0.25) is 11.8 Å². The quantitative estimate of drug-likeness (QED) is 0.347. The third-order valence-corrected chi connectivity index (χ3v) is 6.35. The highest BCUT2D eigenvalue weighted by atomic mass is 16.5. The van der Waals surface area contributed by atoms with Gasteiger partial charge in [-0.05, 0) is 60.6 Å². The molecule has 2 aliphatic carbocycles. The smallest absolute Gasteiger partial charge is 0.343 e. The van der Waals surface area contributed by atoms with E-state index in [9.17, 15) is 14.4 Å². The second kappa shape index (κ2) is 6.69. The molecule has 0 spiro atoms. The lowest BCUT2D eigenvalue weighted by molar-refractivity contribution is -0.123. The van der Waals surface area contributed by atoms with Gasteiger partial charge in [-0.3, -0.25) is 9.59 Å². The van der Waals surface area contributed by atoms with E-state index in [0.29, 0.717) is 17.0 Å². The number of nitrogens with zero attached hydrogens (tertiary/aromatic N) is 1. The summed E-state index contributed by atoms with van der Waals surface area (Å²) in [4.78, 5) is 39.8. The molecule has 3 aliphatic rings. The third-order valence-electron chi connectivity index (χ3n) is 6.35. The van der Waals surface area contributed by atoms with Crippen LogP contribution in [0, 0.1) is 23.7 Å². The maximum Gasteiger partial charge on any atom is 0.343 e. The van der Waals surface area contributed by atoms with Crippen molar-refractivity contribution < 1.29 is 19.1 Å². The lowest BCUT2D eigenvalue weighted by atomic mass is 9.85. The Morgan fingerprint density at radius 2 is 1.66 bits per heavy atom. The summed E-state index contributed by atoms with van der Waals surface area (Å²) in [6.07, 6.45) is 5.94. The normalized spacial score (nSPS) is 26.9. The molecular formula is C24H21NO4. The molecule has 2 bridgehead atoms. The molecule has 2 aromatic rings. The first-order valence-corrected chi connectivity index (χ1v) is 10.0. The maximum absolute atomic E-state index is 13.0. The molecule has 1 heterocycles. The summed E-state index contributed by atoms with van der Waals surface area (Å²) in [7, 11) is 0. The average molecular weight is 387 g/mol. The molecule has 2 fully saturated rings. The molecule has 29 heavy (non-hydrogen) atoms. The predicted molar refractivity (Wildman–Crippen MR) is 107 cm³/mol. The molecule has 0 radical (unpaired) electrons. The molecule has 1 saturated carbocycles. The molecule has 4 atom stereocenters. The Morgan fingerprint density at radius 3 is 2.28 bits per heavy atom. The molecule has 1 aliphatic heterocycles. The van der Waals surface area contributed by atoms with E-state index in [0.717, 1.165) is 18.4 Å². The van der Waals surface area contributed by atoms with Crippen LogP contribution < -0.4 is 9.64 Å². The second-order valence-corrected chi connectivity index (χ2v) is 7.95. The summed E-state index contributed by atoms with van der Waals surface area (Å²) in [5, 5.41) is 0. The number of hydrogen-bond donors (Lipinski definition) is 0. The van der Waals surface area contributed by atoms with Crippen molar-refractivity contribution in [2.24, 2.45) is 23.7 Å². The van der Waals surface area contributed by atoms with E-state index in [4.69, 9.17) is 4.74 Å². The van der Waals surface area contributed by atoms with E-state index in [-0.39, 0.29) is 35.5 Å². The average Bonchev–Trinajstić information content (AvgIpc) is 3.42. The molecule has 4 unspecified atom stereocenters. The van der Waals surface area contributed by atoms with E-state index in [1.54, 1.807) is 36.4 Å². The molecule has 5 heteroatoms. The van der Waals surface area contributed by atoms with Crippen LogP contribution in [0.4, 0.5) is 5.69 Å². The van der Waals surface area contributed by atoms with E-state index < -0.39 is 5.97 Å². The third kappa shape index (κ3) is 2.80. The van der Waals surface area contributed by atoms with Crippen molar-refractivity contribution in [1.82, 2.24) is 0 Å². The minimum atomic E-state index is -0.517. The number of rotatable bonds is 4. The van der Waals surface area contributed by atoms with Gasteiger partial charge in [0.15, 0.2) is 0 Å². The second-order valence-electron chi connectivity index (χ2n) is 7.95. The molecule has 5 nitrogen and oxygen atoms in total. The minimum absolute atomic E-state index is 0.155. The number of benzene rings is 2. The number of amides is 2. The highest BCUT2D eigenvalue weighted by Gasteiger charge is 2.59. The van der Waals surface area contributed by atoms with Crippen molar-refractivity contribution >= 4 is 23.5 Å². The highest BCUT2D eigenvalue weighted by Crippen LogP contribution is 2.53. The summed E-state index contributed by atoms with van der Waals surface area (Å²) in [5.74, 6) is -0.568. The Hall–Kier alpha value is -3.21. The number of carbonyl (C=O) groups is 3. The van der Waals surface area contributed by atoms with Crippen LogP contribution in [0.1, 0.15) is 29.3 Å². The number of hydrogen-bond acceptors (Lipinski definition) is 4. The maximum atomic E-state index is 13.0. The van der Waals surface area contributed by atoms with Crippen LogP contribution in [0.25, 0.3) is 0 Å². The summed E-state index contributed by atoms with van der Waals surface area (Å²) in [6, 6.07) is 13.9. The highest BCUT2D eigenvalue weighted by molar-refractivity contribution is 6.23. The number of esters is 1. The lowest BCUT2D eigenvalue weighted by Gasteiger charge is -2.18. The fraction of sp³-hybridized carbons (Fsp3) is 0.292.